The molecule has 0 spiro atoms. The Bertz CT molecular complexity index is 549. The van der Waals surface area contributed by atoms with Crippen LogP contribution in [0.3, 0.4) is 0 Å². The van der Waals surface area contributed by atoms with Gasteiger partial charge in [0.25, 0.3) is 6.01 Å². The van der Waals surface area contributed by atoms with E-state index >= 15 is 0 Å². The molecule has 2 aromatic rings. The molecular formula is C14H18N2O3S. The molecule has 0 radical (unpaired) electrons. The first-order chi connectivity index (χ1) is 9.61. The van der Waals surface area contributed by atoms with Gasteiger partial charge in [0.05, 0.1) is 13.2 Å². The molecule has 2 heterocycles. The Morgan fingerprint density at radius 1 is 1.55 bits per heavy atom. The number of aromatic nitrogens is 1. The van der Waals surface area contributed by atoms with E-state index in [4.69, 9.17) is 9.15 Å². The molecule has 0 atom stereocenters. The van der Waals surface area contributed by atoms with Gasteiger partial charge in [0.1, 0.15) is 6.26 Å². The highest BCUT2D eigenvalue weighted by Gasteiger charge is 2.20. The predicted octanol–water partition coefficient (Wildman–Crippen LogP) is 3.33. The van der Waals surface area contributed by atoms with Crippen LogP contribution in [0.5, 0.6) is 0 Å². The van der Waals surface area contributed by atoms with Crippen molar-refractivity contribution in [3.63, 3.8) is 0 Å². The van der Waals surface area contributed by atoms with Crippen molar-refractivity contribution in [2.24, 2.45) is 0 Å². The van der Waals surface area contributed by atoms with E-state index in [-0.39, 0.29) is 11.7 Å². The number of carbonyl (C=O) groups is 1. The normalized spacial score (nSPS) is 10.8. The van der Waals surface area contributed by atoms with Gasteiger partial charge in [0, 0.05) is 10.9 Å². The fraction of sp³-hybridized carbons (Fsp3) is 0.429. The maximum atomic E-state index is 11.6. The van der Waals surface area contributed by atoms with E-state index in [1.807, 2.05) is 16.3 Å². The highest BCUT2D eigenvalue weighted by atomic mass is 32.1. The van der Waals surface area contributed by atoms with Gasteiger partial charge in [0.15, 0.2) is 5.69 Å². The van der Waals surface area contributed by atoms with Gasteiger partial charge in [0.2, 0.25) is 0 Å². The lowest BCUT2D eigenvalue weighted by molar-refractivity contribution is 0.0519. The summed E-state index contributed by atoms with van der Waals surface area (Å²) in [5.41, 5.74) is 0.207. The minimum absolute atomic E-state index is 0.207. The van der Waals surface area contributed by atoms with Crippen LogP contribution in [-0.4, -0.2) is 23.6 Å². The molecule has 0 bridgehead atoms. The van der Waals surface area contributed by atoms with Crippen molar-refractivity contribution in [2.75, 3.05) is 11.5 Å². The topological polar surface area (TPSA) is 55.6 Å². The minimum atomic E-state index is -0.456. The SMILES string of the molecule is CCOC(=O)c1coc(N(Cc2cccs2)C(C)C)n1. The maximum Gasteiger partial charge on any atom is 0.360 e. The molecule has 2 aromatic heterocycles. The number of nitrogens with zero attached hydrogens (tertiary/aromatic N) is 2. The first-order valence-electron chi connectivity index (χ1n) is 6.53. The van der Waals surface area contributed by atoms with Gasteiger partial charge in [-0.15, -0.1) is 11.3 Å². The van der Waals surface area contributed by atoms with Gasteiger partial charge in [-0.3, -0.25) is 0 Å². The van der Waals surface area contributed by atoms with Crippen molar-refractivity contribution < 1.29 is 13.9 Å². The summed E-state index contributed by atoms with van der Waals surface area (Å²) >= 11 is 1.68. The number of thiophene rings is 1. The second kappa shape index (κ2) is 6.56. The summed E-state index contributed by atoms with van der Waals surface area (Å²) in [6.45, 7) is 6.90. The quantitative estimate of drug-likeness (QED) is 0.765. The number of hydrogen-bond donors (Lipinski definition) is 0. The third-order valence-corrected chi connectivity index (χ3v) is 3.61. The number of rotatable bonds is 6. The van der Waals surface area contributed by atoms with Crippen LogP contribution in [0.15, 0.2) is 28.2 Å². The molecule has 0 saturated carbocycles. The average Bonchev–Trinajstić information content (AvgIpc) is 3.07. The molecule has 0 aromatic carbocycles. The molecule has 5 nitrogen and oxygen atoms in total. The number of hydrogen-bond acceptors (Lipinski definition) is 6. The van der Waals surface area contributed by atoms with E-state index in [1.54, 1.807) is 18.3 Å². The summed E-state index contributed by atoms with van der Waals surface area (Å²) in [6, 6.07) is 4.73. The van der Waals surface area contributed by atoms with Crippen LogP contribution in [0.2, 0.25) is 0 Å². The van der Waals surface area contributed by atoms with Crippen molar-refractivity contribution in [1.29, 1.82) is 0 Å². The van der Waals surface area contributed by atoms with Crippen molar-refractivity contribution in [1.82, 2.24) is 4.98 Å². The molecule has 108 valence electrons. The second-order valence-electron chi connectivity index (χ2n) is 4.54. The first-order valence-corrected chi connectivity index (χ1v) is 7.41. The van der Waals surface area contributed by atoms with Crippen molar-refractivity contribution in [3.05, 3.63) is 34.3 Å². The second-order valence-corrected chi connectivity index (χ2v) is 5.57. The van der Waals surface area contributed by atoms with E-state index < -0.39 is 5.97 Å². The lowest BCUT2D eigenvalue weighted by atomic mass is 10.3. The summed E-state index contributed by atoms with van der Waals surface area (Å²) in [4.78, 5) is 19.1. The zero-order valence-electron chi connectivity index (χ0n) is 11.8. The first kappa shape index (κ1) is 14.6. The minimum Gasteiger partial charge on any atom is -0.461 e. The monoisotopic (exact) mass is 294 g/mol. The Morgan fingerprint density at radius 2 is 2.35 bits per heavy atom. The van der Waals surface area contributed by atoms with E-state index in [0.29, 0.717) is 19.2 Å². The van der Waals surface area contributed by atoms with E-state index in [0.717, 1.165) is 0 Å². The molecule has 2 rings (SSSR count). The Hall–Kier alpha value is -1.82. The van der Waals surface area contributed by atoms with Crippen LogP contribution >= 0.6 is 11.3 Å². The Balaban J connectivity index is 2.15. The van der Waals surface area contributed by atoms with Gasteiger partial charge < -0.3 is 14.1 Å². The number of ether oxygens (including phenoxy) is 1. The van der Waals surface area contributed by atoms with Gasteiger partial charge in [-0.2, -0.15) is 4.98 Å². The molecule has 20 heavy (non-hydrogen) atoms. The van der Waals surface area contributed by atoms with Gasteiger partial charge >= 0.3 is 5.97 Å². The molecule has 0 unspecified atom stereocenters. The largest absolute Gasteiger partial charge is 0.461 e. The standard InChI is InChI=1S/C14H18N2O3S/c1-4-18-13(17)12-9-19-14(15-12)16(10(2)3)8-11-6-5-7-20-11/h5-7,9-10H,4,8H2,1-3H3. The molecule has 0 aliphatic carbocycles. The lowest BCUT2D eigenvalue weighted by Crippen LogP contribution is -2.30. The van der Waals surface area contributed by atoms with Gasteiger partial charge in [-0.25, -0.2) is 4.79 Å². The smallest absolute Gasteiger partial charge is 0.360 e. The molecule has 0 saturated heterocycles. The molecule has 6 heteroatoms. The zero-order valence-corrected chi connectivity index (χ0v) is 12.6. The number of oxazole rings is 1. The van der Waals surface area contributed by atoms with Crippen LogP contribution in [0.4, 0.5) is 6.01 Å². The maximum absolute atomic E-state index is 11.6. The summed E-state index contributed by atoms with van der Waals surface area (Å²) in [5, 5.41) is 2.04. The van der Waals surface area contributed by atoms with Crippen LogP contribution in [0, 0.1) is 0 Å². The molecule has 0 aliphatic rings. The fourth-order valence-corrected chi connectivity index (χ4v) is 2.44. The lowest BCUT2D eigenvalue weighted by Gasteiger charge is -2.23. The summed E-state index contributed by atoms with van der Waals surface area (Å²) in [7, 11) is 0. The number of carbonyl (C=O) groups excluding carboxylic acids is 1. The fourth-order valence-electron chi connectivity index (χ4n) is 1.74. The van der Waals surface area contributed by atoms with Crippen molar-refractivity contribution in [2.45, 2.75) is 33.4 Å². The number of esters is 1. The zero-order chi connectivity index (χ0) is 14.5. The molecule has 0 amide bonds. The van der Waals surface area contributed by atoms with E-state index in [2.05, 4.69) is 24.9 Å². The van der Waals surface area contributed by atoms with Crippen molar-refractivity contribution >= 4 is 23.3 Å². The van der Waals surface area contributed by atoms with Gasteiger partial charge in [-0.1, -0.05) is 6.07 Å². The van der Waals surface area contributed by atoms with Crippen LogP contribution in [0.25, 0.3) is 0 Å². The highest BCUT2D eigenvalue weighted by molar-refractivity contribution is 7.09. The predicted molar refractivity (Wildman–Crippen MR) is 78.1 cm³/mol. The van der Waals surface area contributed by atoms with Crippen molar-refractivity contribution in [3.8, 4) is 0 Å². The van der Waals surface area contributed by atoms with Crippen LogP contribution in [0.1, 0.15) is 36.1 Å². The number of anilines is 1. The Morgan fingerprint density at radius 3 is 2.95 bits per heavy atom. The van der Waals surface area contributed by atoms with E-state index in [9.17, 15) is 4.79 Å². The van der Waals surface area contributed by atoms with Gasteiger partial charge in [-0.05, 0) is 32.2 Å². The molecule has 0 N–H and O–H groups in total. The van der Waals surface area contributed by atoms with Crippen LogP contribution < -0.4 is 4.90 Å². The molecular weight excluding hydrogens is 276 g/mol. The molecule has 0 aliphatic heterocycles. The average molecular weight is 294 g/mol. The molecule has 0 fully saturated rings. The third-order valence-electron chi connectivity index (χ3n) is 2.75. The summed E-state index contributed by atoms with van der Waals surface area (Å²) in [6.07, 6.45) is 1.34. The third kappa shape index (κ3) is 3.39. The van der Waals surface area contributed by atoms with Crippen LogP contribution in [-0.2, 0) is 11.3 Å². The highest BCUT2D eigenvalue weighted by Crippen LogP contribution is 2.21. The Labute approximate surface area is 122 Å². The van der Waals surface area contributed by atoms with E-state index in [1.165, 1.54) is 11.1 Å². The summed E-state index contributed by atoms with van der Waals surface area (Å²) < 4.78 is 10.3. The summed E-state index contributed by atoms with van der Waals surface area (Å²) in [5.74, 6) is -0.456. The Kier molecular flexibility index (Phi) is 4.79.